The van der Waals surface area contributed by atoms with Gasteiger partial charge in [-0.15, -0.1) is 11.3 Å². The summed E-state index contributed by atoms with van der Waals surface area (Å²) >= 11 is 2.04. The van der Waals surface area contributed by atoms with E-state index in [0.29, 0.717) is 12.0 Å². The maximum absolute atomic E-state index is 5.80. The SMILES string of the molecule is Nc1nccc(-c2ccc3c(c2)CCCC3NC(=C2CC2)c2cc3c(s2)CCCC3)n1. The number of anilines is 1. The van der Waals surface area contributed by atoms with Gasteiger partial charge in [-0.25, -0.2) is 9.97 Å². The molecule has 2 heterocycles. The molecule has 0 spiro atoms. The van der Waals surface area contributed by atoms with E-state index in [-0.39, 0.29) is 0 Å². The molecule has 1 saturated carbocycles. The molecule has 6 rings (SSSR count). The molecular formula is C26H28N4S. The van der Waals surface area contributed by atoms with Gasteiger partial charge in [0.25, 0.3) is 0 Å². The fourth-order valence-corrected chi connectivity index (χ4v) is 6.42. The molecule has 0 amide bonds. The standard InChI is InChI=1S/C26H28N4S/c27-26-28-13-12-21(30-26)18-10-11-20-17(14-18)5-3-6-22(20)29-25(16-8-9-16)24-15-19-4-1-2-7-23(19)31-24/h10-15,22,29H,1-9H2,(H2,27,28,30). The summed E-state index contributed by atoms with van der Waals surface area (Å²) in [6.07, 6.45) is 13.0. The molecule has 3 aromatic rings. The lowest BCUT2D eigenvalue weighted by Crippen LogP contribution is -2.24. The van der Waals surface area contributed by atoms with Crippen LogP contribution in [0, 0.1) is 0 Å². The van der Waals surface area contributed by atoms with Gasteiger partial charge in [0.05, 0.1) is 22.3 Å². The fourth-order valence-electron chi connectivity index (χ4n) is 5.11. The third kappa shape index (κ3) is 3.76. The predicted octanol–water partition coefficient (Wildman–Crippen LogP) is 5.84. The first-order chi connectivity index (χ1) is 15.2. The van der Waals surface area contributed by atoms with Gasteiger partial charge in [0, 0.05) is 16.6 Å². The van der Waals surface area contributed by atoms with Gasteiger partial charge >= 0.3 is 0 Å². The van der Waals surface area contributed by atoms with Crippen molar-refractivity contribution in [3.05, 3.63) is 68.5 Å². The number of hydrogen-bond donors (Lipinski definition) is 2. The molecule has 1 atom stereocenters. The number of nitrogen functional groups attached to an aromatic ring is 1. The zero-order chi connectivity index (χ0) is 20.8. The number of aromatic nitrogens is 2. The first-order valence-electron chi connectivity index (χ1n) is 11.6. The van der Waals surface area contributed by atoms with Crippen molar-refractivity contribution < 1.29 is 0 Å². The van der Waals surface area contributed by atoms with Crippen LogP contribution in [0.2, 0.25) is 0 Å². The van der Waals surface area contributed by atoms with Gasteiger partial charge in [0.1, 0.15) is 0 Å². The van der Waals surface area contributed by atoms with Crippen molar-refractivity contribution in [1.29, 1.82) is 0 Å². The molecule has 2 aromatic heterocycles. The van der Waals surface area contributed by atoms with Gasteiger partial charge in [0.15, 0.2) is 0 Å². The predicted molar refractivity (Wildman–Crippen MR) is 128 cm³/mol. The Bertz CT molecular complexity index is 1150. The monoisotopic (exact) mass is 428 g/mol. The van der Waals surface area contributed by atoms with Gasteiger partial charge in [-0.2, -0.15) is 0 Å². The molecule has 31 heavy (non-hydrogen) atoms. The largest absolute Gasteiger partial charge is 0.377 e. The Balaban J connectivity index is 1.30. The van der Waals surface area contributed by atoms with Gasteiger partial charge in [0.2, 0.25) is 5.95 Å². The van der Waals surface area contributed by atoms with E-state index >= 15 is 0 Å². The lowest BCUT2D eigenvalue weighted by molar-refractivity contribution is 0.520. The number of nitrogens with one attached hydrogen (secondary N) is 1. The zero-order valence-electron chi connectivity index (χ0n) is 17.8. The van der Waals surface area contributed by atoms with Crippen LogP contribution in [-0.4, -0.2) is 9.97 Å². The summed E-state index contributed by atoms with van der Waals surface area (Å²) in [6.45, 7) is 0. The van der Waals surface area contributed by atoms with Crippen molar-refractivity contribution >= 4 is 23.0 Å². The van der Waals surface area contributed by atoms with Crippen molar-refractivity contribution in [2.75, 3.05) is 5.73 Å². The molecule has 3 N–H and O–H groups in total. The average Bonchev–Trinajstić information content (AvgIpc) is 3.54. The highest BCUT2D eigenvalue weighted by Gasteiger charge is 2.27. The maximum Gasteiger partial charge on any atom is 0.220 e. The van der Waals surface area contributed by atoms with Crippen LogP contribution in [0.25, 0.3) is 17.0 Å². The fraction of sp³-hybridized carbons (Fsp3) is 0.385. The Hall–Kier alpha value is -2.66. The van der Waals surface area contributed by atoms with Crippen molar-refractivity contribution in [2.24, 2.45) is 0 Å². The smallest absolute Gasteiger partial charge is 0.220 e. The van der Waals surface area contributed by atoms with Gasteiger partial charge in [-0.05, 0) is 98.2 Å². The second-order valence-corrected chi connectivity index (χ2v) is 10.2. The minimum absolute atomic E-state index is 0.328. The summed E-state index contributed by atoms with van der Waals surface area (Å²) in [5.41, 5.74) is 15.3. The van der Waals surface area contributed by atoms with E-state index in [1.54, 1.807) is 22.2 Å². The molecule has 1 unspecified atom stereocenters. The van der Waals surface area contributed by atoms with Crippen molar-refractivity contribution in [3.8, 4) is 11.3 Å². The molecule has 158 valence electrons. The van der Waals surface area contributed by atoms with Crippen molar-refractivity contribution in [2.45, 2.75) is 63.8 Å². The lowest BCUT2D eigenvalue weighted by Gasteiger charge is -2.28. The number of nitrogens with two attached hydrogens (primary N) is 1. The average molecular weight is 429 g/mol. The van der Waals surface area contributed by atoms with Crippen LogP contribution in [0.5, 0.6) is 0 Å². The Morgan fingerprint density at radius 2 is 1.84 bits per heavy atom. The molecule has 0 radical (unpaired) electrons. The molecule has 3 aliphatic rings. The van der Waals surface area contributed by atoms with E-state index in [9.17, 15) is 0 Å². The van der Waals surface area contributed by atoms with E-state index in [1.807, 2.05) is 17.4 Å². The lowest BCUT2D eigenvalue weighted by atomic mass is 9.86. The van der Waals surface area contributed by atoms with Gasteiger partial charge in [-0.1, -0.05) is 12.1 Å². The molecule has 1 aromatic carbocycles. The van der Waals surface area contributed by atoms with E-state index in [4.69, 9.17) is 5.73 Å². The molecule has 5 heteroatoms. The molecular weight excluding hydrogens is 400 g/mol. The summed E-state index contributed by atoms with van der Waals surface area (Å²) in [5, 5.41) is 4.01. The number of nitrogens with zero attached hydrogens (tertiary/aromatic N) is 2. The highest BCUT2D eigenvalue weighted by atomic mass is 32.1. The van der Waals surface area contributed by atoms with E-state index in [0.717, 1.165) is 17.7 Å². The third-order valence-corrected chi connectivity index (χ3v) is 8.10. The quantitative estimate of drug-likeness (QED) is 0.548. The molecule has 0 saturated heterocycles. The first-order valence-corrected chi connectivity index (χ1v) is 12.4. The number of allylic oxidation sites excluding steroid dienone is 1. The third-order valence-electron chi connectivity index (χ3n) is 6.84. The summed E-state index contributed by atoms with van der Waals surface area (Å²) in [6, 6.07) is 11.6. The van der Waals surface area contributed by atoms with Crippen LogP contribution >= 0.6 is 11.3 Å². The Kier molecular flexibility index (Phi) is 4.79. The summed E-state index contributed by atoms with van der Waals surface area (Å²) in [5.74, 6) is 0.328. The van der Waals surface area contributed by atoms with Crippen LogP contribution in [0.3, 0.4) is 0 Å². The minimum atomic E-state index is 0.328. The van der Waals surface area contributed by atoms with Gasteiger partial charge in [-0.3, -0.25) is 0 Å². The normalized spacial score (nSPS) is 19.5. The molecule has 0 aliphatic heterocycles. The summed E-state index contributed by atoms with van der Waals surface area (Å²) in [7, 11) is 0. The number of benzene rings is 1. The summed E-state index contributed by atoms with van der Waals surface area (Å²) in [4.78, 5) is 11.5. The molecule has 0 bridgehead atoms. The number of thiophene rings is 1. The highest BCUT2D eigenvalue weighted by Crippen LogP contribution is 2.42. The van der Waals surface area contributed by atoms with Crippen LogP contribution < -0.4 is 11.1 Å². The number of fused-ring (bicyclic) bond motifs is 2. The Morgan fingerprint density at radius 3 is 2.68 bits per heavy atom. The van der Waals surface area contributed by atoms with Crippen LogP contribution in [-0.2, 0) is 19.3 Å². The Labute approximate surface area is 187 Å². The zero-order valence-corrected chi connectivity index (χ0v) is 18.6. The second kappa shape index (κ2) is 7.79. The highest BCUT2D eigenvalue weighted by molar-refractivity contribution is 7.13. The second-order valence-electron chi connectivity index (χ2n) is 9.05. The number of aryl methyl sites for hydroxylation is 3. The van der Waals surface area contributed by atoms with E-state index in [2.05, 4.69) is 39.6 Å². The van der Waals surface area contributed by atoms with Crippen molar-refractivity contribution in [1.82, 2.24) is 15.3 Å². The number of rotatable bonds is 4. The number of hydrogen-bond acceptors (Lipinski definition) is 5. The van der Waals surface area contributed by atoms with E-state index < -0.39 is 0 Å². The van der Waals surface area contributed by atoms with Gasteiger partial charge < -0.3 is 11.1 Å². The van der Waals surface area contributed by atoms with Crippen LogP contribution in [0.1, 0.15) is 71.0 Å². The van der Waals surface area contributed by atoms with Crippen molar-refractivity contribution in [3.63, 3.8) is 0 Å². The van der Waals surface area contributed by atoms with Crippen LogP contribution in [0.4, 0.5) is 5.95 Å². The minimum Gasteiger partial charge on any atom is -0.377 e. The van der Waals surface area contributed by atoms with Crippen LogP contribution in [0.15, 0.2) is 42.1 Å². The van der Waals surface area contributed by atoms with E-state index in [1.165, 1.54) is 73.1 Å². The first kappa shape index (κ1) is 19.1. The molecule has 4 nitrogen and oxygen atoms in total. The summed E-state index contributed by atoms with van der Waals surface area (Å²) < 4.78 is 0. The molecule has 1 fully saturated rings. The molecule has 3 aliphatic carbocycles. The maximum atomic E-state index is 5.80. The Morgan fingerprint density at radius 1 is 0.968 bits per heavy atom. The topological polar surface area (TPSA) is 63.8 Å².